The first-order chi connectivity index (χ1) is 12.4. The number of anilines is 2. The highest BCUT2D eigenvalue weighted by Crippen LogP contribution is 2.17. The number of hydrogen-bond donors (Lipinski definition) is 0. The largest absolute Gasteiger partial charge is 0.363 e. The number of pyridine rings is 1. The van der Waals surface area contributed by atoms with E-state index in [1.807, 2.05) is 32.0 Å². The third-order valence-corrected chi connectivity index (χ3v) is 4.49. The highest BCUT2D eigenvalue weighted by Gasteiger charge is 2.25. The van der Waals surface area contributed by atoms with E-state index in [0.717, 1.165) is 11.5 Å². The van der Waals surface area contributed by atoms with Gasteiger partial charge in [0.15, 0.2) is 0 Å². The Labute approximate surface area is 152 Å². The Morgan fingerprint density at radius 1 is 1.15 bits per heavy atom. The predicted molar refractivity (Wildman–Crippen MR) is 101 cm³/mol. The van der Waals surface area contributed by atoms with Crippen molar-refractivity contribution >= 4 is 17.7 Å². The summed E-state index contributed by atoms with van der Waals surface area (Å²) in [5.74, 6) is 1.32. The molecule has 1 saturated heterocycles. The van der Waals surface area contributed by atoms with E-state index >= 15 is 0 Å². The zero-order valence-electron chi connectivity index (χ0n) is 15.6. The van der Waals surface area contributed by atoms with Crippen molar-refractivity contribution < 1.29 is 4.79 Å². The second kappa shape index (κ2) is 7.15. The molecule has 1 fully saturated rings. The molecule has 1 aliphatic heterocycles. The fourth-order valence-electron chi connectivity index (χ4n) is 2.95. The zero-order chi connectivity index (χ0) is 18.8. The number of rotatable bonds is 3. The smallest absolute Gasteiger partial charge is 0.263 e. The van der Waals surface area contributed by atoms with Gasteiger partial charge in [-0.2, -0.15) is 4.98 Å². The lowest BCUT2D eigenvalue weighted by molar-refractivity contribution is 0.0744. The van der Waals surface area contributed by atoms with Crippen LogP contribution in [0.5, 0.6) is 0 Å². The van der Waals surface area contributed by atoms with E-state index in [4.69, 9.17) is 0 Å². The van der Waals surface area contributed by atoms with Crippen LogP contribution in [0.15, 0.2) is 29.2 Å². The Hall–Kier alpha value is -2.90. The summed E-state index contributed by atoms with van der Waals surface area (Å²) >= 11 is 0. The molecule has 3 rings (SSSR count). The normalized spacial score (nSPS) is 14.5. The molecule has 0 radical (unpaired) electrons. The van der Waals surface area contributed by atoms with Crippen LogP contribution in [-0.2, 0) is 7.05 Å². The summed E-state index contributed by atoms with van der Waals surface area (Å²) in [6.45, 7) is 4.28. The van der Waals surface area contributed by atoms with Crippen molar-refractivity contribution in [3.05, 3.63) is 46.0 Å². The van der Waals surface area contributed by atoms with Gasteiger partial charge in [0.1, 0.15) is 11.4 Å². The van der Waals surface area contributed by atoms with Crippen molar-refractivity contribution in [3.63, 3.8) is 0 Å². The monoisotopic (exact) mass is 356 g/mol. The van der Waals surface area contributed by atoms with E-state index in [2.05, 4.69) is 14.9 Å². The minimum atomic E-state index is -0.266. The van der Waals surface area contributed by atoms with Gasteiger partial charge in [-0.1, -0.05) is 0 Å². The lowest BCUT2D eigenvalue weighted by atomic mass is 10.2. The number of piperazine rings is 1. The zero-order valence-corrected chi connectivity index (χ0v) is 15.6. The molecule has 2 aromatic rings. The van der Waals surface area contributed by atoms with Crippen molar-refractivity contribution in [1.29, 1.82) is 0 Å². The van der Waals surface area contributed by atoms with Crippen LogP contribution < -0.4 is 15.4 Å². The molecule has 0 unspecified atom stereocenters. The Bertz CT molecular complexity index is 868. The minimum absolute atomic E-state index is 0.213. The van der Waals surface area contributed by atoms with Crippen molar-refractivity contribution in [1.82, 2.24) is 19.4 Å². The van der Waals surface area contributed by atoms with Crippen LogP contribution in [0.1, 0.15) is 16.1 Å². The summed E-state index contributed by atoms with van der Waals surface area (Å²) in [6, 6.07) is 5.24. The number of nitrogens with zero attached hydrogens (tertiary/aromatic N) is 6. The summed E-state index contributed by atoms with van der Waals surface area (Å²) in [4.78, 5) is 39.7. The Morgan fingerprint density at radius 3 is 2.50 bits per heavy atom. The summed E-state index contributed by atoms with van der Waals surface area (Å²) in [6.07, 6.45) is 1.65. The first-order valence-corrected chi connectivity index (χ1v) is 8.59. The molecule has 1 amide bonds. The SMILES string of the molecule is Cc1cc(N(C)C)nc(N2CCN(C(=O)c3cccn(C)c3=O)CC2)n1. The molecule has 0 aliphatic carbocycles. The minimum Gasteiger partial charge on any atom is -0.363 e. The average Bonchev–Trinajstić information content (AvgIpc) is 2.63. The molecule has 0 atom stereocenters. The summed E-state index contributed by atoms with van der Waals surface area (Å²) in [5, 5.41) is 0. The maximum atomic E-state index is 12.7. The van der Waals surface area contributed by atoms with Crippen molar-refractivity contribution in [3.8, 4) is 0 Å². The molecule has 0 bridgehead atoms. The van der Waals surface area contributed by atoms with Gasteiger partial charge in [-0.3, -0.25) is 9.59 Å². The third kappa shape index (κ3) is 3.54. The molecule has 8 nitrogen and oxygen atoms in total. The molecule has 138 valence electrons. The van der Waals surface area contributed by atoms with Gasteiger partial charge < -0.3 is 19.3 Å². The van der Waals surface area contributed by atoms with Crippen LogP contribution in [0.4, 0.5) is 11.8 Å². The van der Waals surface area contributed by atoms with Crippen molar-refractivity contribution in [2.45, 2.75) is 6.92 Å². The molecule has 1 aliphatic rings. The number of carbonyl (C=O) groups is 1. The summed E-state index contributed by atoms with van der Waals surface area (Å²) in [5.41, 5.74) is 0.854. The van der Waals surface area contributed by atoms with E-state index in [1.54, 1.807) is 30.3 Å². The van der Waals surface area contributed by atoms with Gasteiger partial charge in [0.2, 0.25) is 5.95 Å². The second-order valence-electron chi connectivity index (χ2n) is 6.68. The Morgan fingerprint density at radius 2 is 1.85 bits per heavy atom. The van der Waals surface area contributed by atoms with Crippen LogP contribution in [0.25, 0.3) is 0 Å². The van der Waals surface area contributed by atoms with Gasteiger partial charge in [0.25, 0.3) is 11.5 Å². The fourth-order valence-corrected chi connectivity index (χ4v) is 2.95. The third-order valence-electron chi connectivity index (χ3n) is 4.49. The standard InChI is InChI=1S/C18H24N6O2/c1-13-12-15(21(2)3)20-18(19-13)24-10-8-23(9-11-24)17(26)14-6-5-7-22(4)16(14)25/h5-7,12H,8-11H2,1-4H3. The highest BCUT2D eigenvalue weighted by molar-refractivity contribution is 5.94. The second-order valence-corrected chi connectivity index (χ2v) is 6.68. The summed E-state index contributed by atoms with van der Waals surface area (Å²) in [7, 11) is 5.54. The molecule has 0 saturated carbocycles. The van der Waals surface area contributed by atoms with E-state index in [1.165, 1.54) is 4.57 Å². The molecule has 26 heavy (non-hydrogen) atoms. The topological polar surface area (TPSA) is 74.6 Å². The van der Waals surface area contributed by atoms with Gasteiger partial charge >= 0.3 is 0 Å². The lowest BCUT2D eigenvalue weighted by Crippen LogP contribution is -2.50. The number of aromatic nitrogens is 3. The number of hydrogen-bond acceptors (Lipinski definition) is 6. The van der Waals surface area contributed by atoms with E-state index in [0.29, 0.717) is 32.1 Å². The van der Waals surface area contributed by atoms with E-state index in [9.17, 15) is 9.59 Å². The molecule has 0 spiro atoms. The molecule has 0 aromatic carbocycles. The maximum Gasteiger partial charge on any atom is 0.263 e. The molecule has 8 heteroatoms. The highest BCUT2D eigenvalue weighted by atomic mass is 16.2. The van der Waals surface area contributed by atoms with Crippen LogP contribution in [0, 0.1) is 6.92 Å². The first kappa shape index (κ1) is 17.9. The Kier molecular flexibility index (Phi) is 4.92. The van der Waals surface area contributed by atoms with Crippen LogP contribution in [0.3, 0.4) is 0 Å². The maximum absolute atomic E-state index is 12.7. The van der Waals surface area contributed by atoms with Crippen LogP contribution in [-0.4, -0.2) is 65.6 Å². The molecule has 2 aromatic heterocycles. The van der Waals surface area contributed by atoms with Gasteiger partial charge in [0, 0.05) is 65.3 Å². The van der Waals surface area contributed by atoms with Crippen molar-refractivity contribution in [2.75, 3.05) is 50.1 Å². The molecule has 3 heterocycles. The van der Waals surface area contributed by atoms with Crippen LogP contribution in [0.2, 0.25) is 0 Å². The molecular formula is C18H24N6O2. The fraction of sp³-hybridized carbons (Fsp3) is 0.444. The van der Waals surface area contributed by atoms with E-state index < -0.39 is 0 Å². The average molecular weight is 356 g/mol. The molecule has 0 N–H and O–H groups in total. The first-order valence-electron chi connectivity index (χ1n) is 8.59. The van der Waals surface area contributed by atoms with Gasteiger partial charge in [-0.25, -0.2) is 4.98 Å². The van der Waals surface area contributed by atoms with Crippen molar-refractivity contribution in [2.24, 2.45) is 7.05 Å². The quantitative estimate of drug-likeness (QED) is 0.798. The van der Waals surface area contributed by atoms with Gasteiger partial charge in [0.05, 0.1) is 0 Å². The van der Waals surface area contributed by atoms with Gasteiger partial charge in [-0.05, 0) is 19.1 Å². The Balaban J connectivity index is 1.72. The molecular weight excluding hydrogens is 332 g/mol. The van der Waals surface area contributed by atoms with Crippen LogP contribution >= 0.6 is 0 Å². The number of aryl methyl sites for hydroxylation is 2. The predicted octanol–water partition coefficient (Wildman–Crippen LogP) is 0.512. The van der Waals surface area contributed by atoms with E-state index in [-0.39, 0.29) is 17.0 Å². The lowest BCUT2D eigenvalue weighted by Gasteiger charge is -2.35. The summed E-state index contributed by atoms with van der Waals surface area (Å²) < 4.78 is 1.42. The van der Waals surface area contributed by atoms with Gasteiger partial charge in [-0.15, -0.1) is 0 Å². The number of carbonyl (C=O) groups excluding carboxylic acids is 1. The number of amides is 1.